The molecular formula is C10H13N5O2S. The van der Waals surface area contributed by atoms with Crippen LogP contribution in [0.15, 0.2) is 29.7 Å². The minimum atomic E-state index is -3.77. The third-order valence-corrected chi connectivity index (χ3v) is 3.91. The van der Waals surface area contributed by atoms with Gasteiger partial charge in [-0.3, -0.25) is 9.71 Å². The van der Waals surface area contributed by atoms with E-state index < -0.39 is 10.0 Å². The molecule has 0 fully saturated rings. The number of rotatable bonds is 3. The van der Waals surface area contributed by atoms with Gasteiger partial charge in [0.05, 0.1) is 17.7 Å². The zero-order chi connectivity index (χ0) is 13.3. The lowest BCUT2D eigenvalue weighted by atomic mass is 10.3. The highest BCUT2D eigenvalue weighted by atomic mass is 32.2. The van der Waals surface area contributed by atoms with Crippen molar-refractivity contribution in [1.82, 2.24) is 14.5 Å². The normalized spacial score (nSPS) is 11.4. The van der Waals surface area contributed by atoms with Crippen molar-refractivity contribution in [2.75, 3.05) is 10.5 Å². The first kappa shape index (κ1) is 12.4. The third-order valence-electron chi connectivity index (χ3n) is 2.42. The predicted octanol–water partition coefficient (Wildman–Crippen LogP) is 0.507. The molecule has 2 heterocycles. The number of aromatic nitrogens is 3. The minimum Gasteiger partial charge on any atom is -0.381 e. The molecule has 96 valence electrons. The lowest BCUT2D eigenvalue weighted by Gasteiger charge is -2.10. The first-order valence-corrected chi connectivity index (χ1v) is 6.61. The number of hydrogen-bond acceptors (Lipinski definition) is 5. The molecule has 8 heteroatoms. The van der Waals surface area contributed by atoms with Crippen LogP contribution in [0.4, 0.5) is 11.5 Å². The molecule has 18 heavy (non-hydrogen) atoms. The molecule has 0 saturated heterocycles. The van der Waals surface area contributed by atoms with E-state index in [2.05, 4.69) is 14.7 Å². The highest BCUT2D eigenvalue weighted by Gasteiger charge is 2.23. The average molecular weight is 267 g/mol. The molecule has 0 aliphatic rings. The van der Waals surface area contributed by atoms with Gasteiger partial charge in [0.2, 0.25) is 0 Å². The number of nitrogens with two attached hydrogens (primary N) is 1. The van der Waals surface area contributed by atoms with Gasteiger partial charge in [-0.2, -0.15) is 8.42 Å². The van der Waals surface area contributed by atoms with Crippen LogP contribution in [0.5, 0.6) is 0 Å². The first-order valence-electron chi connectivity index (χ1n) is 5.13. The zero-order valence-electron chi connectivity index (χ0n) is 9.95. The van der Waals surface area contributed by atoms with Crippen LogP contribution in [0.3, 0.4) is 0 Å². The number of anilines is 2. The van der Waals surface area contributed by atoms with E-state index in [1.165, 1.54) is 10.9 Å². The predicted molar refractivity (Wildman–Crippen MR) is 67.4 cm³/mol. The summed E-state index contributed by atoms with van der Waals surface area (Å²) < 4.78 is 28.1. The van der Waals surface area contributed by atoms with Crippen molar-refractivity contribution in [3.05, 3.63) is 30.4 Å². The van der Waals surface area contributed by atoms with E-state index in [9.17, 15) is 8.42 Å². The number of nitrogens with zero attached hydrogens (tertiary/aromatic N) is 3. The maximum absolute atomic E-state index is 12.2. The van der Waals surface area contributed by atoms with Crippen molar-refractivity contribution in [2.24, 2.45) is 7.05 Å². The summed E-state index contributed by atoms with van der Waals surface area (Å²) in [5.41, 5.74) is 6.55. The summed E-state index contributed by atoms with van der Waals surface area (Å²) in [6.07, 6.45) is 2.94. The van der Waals surface area contributed by atoms with Gasteiger partial charge in [-0.25, -0.2) is 4.98 Å². The van der Waals surface area contributed by atoms with Gasteiger partial charge in [0.25, 0.3) is 10.0 Å². The van der Waals surface area contributed by atoms with Crippen LogP contribution in [0, 0.1) is 6.92 Å². The van der Waals surface area contributed by atoms with Crippen molar-refractivity contribution in [2.45, 2.75) is 11.9 Å². The van der Waals surface area contributed by atoms with E-state index in [1.807, 2.05) is 0 Å². The van der Waals surface area contributed by atoms with Crippen LogP contribution >= 0.6 is 0 Å². The van der Waals surface area contributed by atoms with Gasteiger partial charge in [-0.15, -0.1) is 0 Å². The Morgan fingerprint density at radius 1 is 1.39 bits per heavy atom. The molecular weight excluding hydrogens is 254 g/mol. The highest BCUT2D eigenvalue weighted by Crippen LogP contribution is 2.20. The molecule has 0 unspecified atom stereocenters. The summed E-state index contributed by atoms with van der Waals surface area (Å²) in [5.74, 6) is -0.0356. The van der Waals surface area contributed by atoms with Crippen LogP contribution in [0.2, 0.25) is 0 Å². The Hall–Kier alpha value is -2.09. The highest BCUT2D eigenvalue weighted by molar-refractivity contribution is 7.92. The fourth-order valence-corrected chi connectivity index (χ4v) is 2.91. The summed E-state index contributed by atoms with van der Waals surface area (Å²) in [5, 5.41) is -0.0641. The largest absolute Gasteiger partial charge is 0.381 e. The number of nitrogen functional groups attached to an aromatic ring is 1. The zero-order valence-corrected chi connectivity index (χ0v) is 10.8. The molecule has 2 rings (SSSR count). The number of nitrogens with one attached hydrogen (secondary N) is 1. The molecule has 0 aliphatic heterocycles. The average Bonchev–Trinajstić information content (AvgIpc) is 2.62. The van der Waals surface area contributed by atoms with Gasteiger partial charge >= 0.3 is 0 Å². The number of imidazole rings is 1. The number of pyridine rings is 1. The standard InChI is InChI=1S/C10H13N5O2S/c1-7-8(4-3-5-12-7)14-18(16,17)10-9(11)13-6-15(10)2/h3-6,14H,11H2,1-2H3. The van der Waals surface area contributed by atoms with Gasteiger partial charge in [0.15, 0.2) is 10.8 Å². The van der Waals surface area contributed by atoms with Gasteiger partial charge < -0.3 is 10.3 Å². The lowest BCUT2D eigenvalue weighted by Crippen LogP contribution is -2.18. The van der Waals surface area contributed by atoms with Crippen LogP contribution < -0.4 is 10.5 Å². The van der Waals surface area contributed by atoms with Gasteiger partial charge in [-0.05, 0) is 19.1 Å². The Bertz CT molecular complexity index is 658. The monoisotopic (exact) mass is 267 g/mol. The Morgan fingerprint density at radius 3 is 2.67 bits per heavy atom. The van der Waals surface area contributed by atoms with Gasteiger partial charge in [0, 0.05) is 13.2 Å². The second-order valence-corrected chi connectivity index (χ2v) is 5.39. The Kier molecular flexibility index (Phi) is 2.95. The smallest absolute Gasteiger partial charge is 0.281 e. The molecule has 0 amide bonds. The van der Waals surface area contributed by atoms with Gasteiger partial charge in [-0.1, -0.05) is 0 Å². The van der Waals surface area contributed by atoms with Crippen molar-refractivity contribution in [3.8, 4) is 0 Å². The fourth-order valence-electron chi connectivity index (χ4n) is 1.55. The molecule has 3 N–H and O–H groups in total. The molecule has 7 nitrogen and oxygen atoms in total. The van der Waals surface area contributed by atoms with Crippen LogP contribution in [-0.4, -0.2) is 23.0 Å². The Morgan fingerprint density at radius 2 is 2.11 bits per heavy atom. The summed E-state index contributed by atoms with van der Waals surface area (Å²) in [4.78, 5) is 7.76. The molecule has 0 atom stereocenters. The van der Waals surface area contributed by atoms with E-state index >= 15 is 0 Å². The van der Waals surface area contributed by atoms with Gasteiger partial charge in [0.1, 0.15) is 0 Å². The van der Waals surface area contributed by atoms with Crippen molar-refractivity contribution >= 4 is 21.5 Å². The van der Waals surface area contributed by atoms with Crippen molar-refractivity contribution < 1.29 is 8.42 Å². The van der Waals surface area contributed by atoms with E-state index in [-0.39, 0.29) is 10.8 Å². The summed E-state index contributed by atoms with van der Waals surface area (Å²) in [6, 6.07) is 3.28. The molecule has 2 aromatic rings. The number of aryl methyl sites for hydroxylation is 2. The van der Waals surface area contributed by atoms with Crippen LogP contribution in [0.1, 0.15) is 5.69 Å². The van der Waals surface area contributed by atoms with Crippen LogP contribution in [-0.2, 0) is 17.1 Å². The number of hydrogen-bond donors (Lipinski definition) is 2. The maximum Gasteiger partial charge on any atom is 0.281 e. The van der Waals surface area contributed by atoms with Crippen molar-refractivity contribution in [3.63, 3.8) is 0 Å². The lowest BCUT2D eigenvalue weighted by molar-refractivity contribution is 0.592. The molecule has 0 aromatic carbocycles. The second-order valence-electron chi connectivity index (χ2n) is 3.79. The van der Waals surface area contributed by atoms with Crippen LogP contribution in [0.25, 0.3) is 0 Å². The summed E-state index contributed by atoms with van der Waals surface area (Å²) >= 11 is 0. The fraction of sp³-hybridized carbons (Fsp3) is 0.200. The second kappa shape index (κ2) is 4.30. The van der Waals surface area contributed by atoms with Crippen molar-refractivity contribution in [1.29, 1.82) is 0 Å². The van der Waals surface area contributed by atoms with E-state index in [4.69, 9.17) is 5.73 Å². The molecule has 2 aromatic heterocycles. The van der Waals surface area contributed by atoms with E-state index in [0.717, 1.165) is 0 Å². The molecule has 0 saturated carbocycles. The SMILES string of the molecule is Cc1ncccc1NS(=O)(=O)c1c(N)ncn1C. The van der Waals surface area contributed by atoms with E-state index in [0.29, 0.717) is 11.4 Å². The quantitative estimate of drug-likeness (QED) is 0.843. The molecule has 0 spiro atoms. The Labute approximate surface area is 105 Å². The maximum atomic E-state index is 12.2. The summed E-state index contributed by atoms with van der Waals surface area (Å²) in [6.45, 7) is 1.71. The molecule has 0 radical (unpaired) electrons. The topological polar surface area (TPSA) is 103 Å². The summed E-state index contributed by atoms with van der Waals surface area (Å²) in [7, 11) is -2.20. The third kappa shape index (κ3) is 2.14. The number of sulfonamides is 1. The Balaban J connectivity index is 2.43. The first-order chi connectivity index (χ1) is 8.42. The molecule has 0 bridgehead atoms. The molecule has 0 aliphatic carbocycles. The van der Waals surface area contributed by atoms with E-state index in [1.54, 1.807) is 32.3 Å². The minimum absolute atomic E-state index is 0.0356.